The molecular weight excluding hydrogens is 334 g/mol. The molecule has 7 heteroatoms. The number of ketones is 1. The predicted octanol–water partition coefficient (Wildman–Crippen LogP) is 3.64. The molecule has 122 valence electrons. The fraction of sp³-hybridized carbons (Fsp3) is 0.0588. The minimum absolute atomic E-state index is 0.0559. The number of benzene rings is 2. The number of allylic oxidation sites excluding steroid dienone is 1. The Kier molecular flexibility index (Phi) is 5.81. The summed E-state index contributed by atoms with van der Waals surface area (Å²) in [5.41, 5.74) is 0.790. The molecule has 0 aromatic heterocycles. The average molecular weight is 346 g/mol. The van der Waals surface area contributed by atoms with Crippen molar-refractivity contribution in [3.63, 3.8) is 0 Å². The first kappa shape index (κ1) is 17.4. The van der Waals surface area contributed by atoms with Crippen LogP contribution in [0, 0.1) is 10.1 Å². The summed E-state index contributed by atoms with van der Waals surface area (Å²) in [7, 11) is 0. The second kappa shape index (κ2) is 8.03. The SMILES string of the molecule is O=C(CCl)Oc1cccc(C(=O)/C=C/c2cccc([N+](=O)[O-])c2)c1. The van der Waals surface area contributed by atoms with E-state index in [0.29, 0.717) is 11.1 Å². The van der Waals surface area contributed by atoms with E-state index >= 15 is 0 Å². The van der Waals surface area contributed by atoms with Gasteiger partial charge in [0.15, 0.2) is 5.78 Å². The third-order valence-corrected chi connectivity index (χ3v) is 3.19. The Morgan fingerprint density at radius 1 is 1.17 bits per heavy atom. The summed E-state index contributed by atoms with van der Waals surface area (Å²) in [6.45, 7) is 0. The molecule has 0 saturated heterocycles. The fourth-order valence-corrected chi connectivity index (χ4v) is 1.94. The van der Waals surface area contributed by atoms with E-state index in [-0.39, 0.29) is 23.1 Å². The zero-order valence-electron chi connectivity index (χ0n) is 12.3. The van der Waals surface area contributed by atoms with Crippen LogP contribution in [0.15, 0.2) is 54.6 Å². The summed E-state index contributed by atoms with van der Waals surface area (Å²) in [6, 6.07) is 12.0. The van der Waals surface area contributed by atoms with Crippen LogP contribution in [0.4, 0.5) is 5.69 Å². The number of rotatable bonds is 6. The van der Waals surface area contributed by atoms with Gasteiger partial charge in [-0.2, -0.15) is 0 Å². The van der Waals surface area contributed by atoms with Gasteiger partial charge in [-0.1, -0.05) is 30.3 Å². The number of esters is 1. The van der Waals surface area contributed by atoms with Crippen molar-refractivity contribution in [1.82, 2.24) is 0 Å². The van der Waals surface area contributed by atoms with Crippen LogP contribution in [0.3, 0.4) is 0 Å². The summed E-state index contributed by atoms with van der Waals surface area (Å²) < 4.78 is 4.94. The molecule has 0 heterocycles. The van der Waals surface area contributed by atoms with E-state index in [1.165, 1.54) is 42.5 Å². The topological polar surface area (TPSA) is 86.5 Å². The molecule has 2 aromatic carbocycles. The molecule has 0 fully saturated rings. The first-order valence-corrected chi connectivity index (χ1v) is 7.36. The average Bonchev–Trinajstić information content (AvgIpc) is 2.60. The largest absolute Gasteiger partial charge is 0.426 e. The number of halogens is 1. The van der Waals surface area contributed by atoms with E-state index in [2.05, 4.69) is 0 Å². The van der Waals surface area contributed by atoms with Crippen LogP contribution >= 0.6 is 11.6 Å². The third kappa shape index (κ3) is 4.76. The quantitative estimate of drug-likeness (QED) is 0.152. The molecule has 0 atom stereocenters. The van der Waals surface area contributed by atoms with Gasteiger partial charge in [-0.05, 0) is 23.8 Å². The molecule has 0 amide bonds. The highest BCUT2D eigenvalue weighted by Gasteiger charge is 2.08. The van der Waals surface area contributed by atoms with Crippen molar-refractivity contribution in [3.8, 4) is 5.75 Å². The molecule has 6 nitrogen and oxygen atoms in total. The predicted molar refractivity (Wildman–Crippen MR) is 89.3 cm³/mol. The maximum atomic E-state index is 12.2. The lowest BCUT2D eigenvalue weighted by Gasteiger charge is -2.03. The number of ether oxygens (including phenoxy) is 1. The Morgan fingerprint density at radius 2 is 1.92 bits per heavy atom. The van der Waals surface area contributed by atoms with E-state index in [1.54, 1.807) is 18.2 Å². The summed E-state index contributed by atoms with van der Waals surface area (Å²) in [5.74, 6) is -1.01. The first-order chi connectivity index (χ1) is 11.5. The lowest BCUT2D eigenvalue weighted by molar-refractivity contribution is -0.384. The monoisotopic (exact) mass is 345 g/mol. The van der Waals surface area contributed by atoms with Gasteiger partial charge in [0.1, 0.15) is 11.6 Å². The summed E-state index contributed by atoms with van der Waals surface area (Å²) in [6.07, 6.45) is 2.77. The Morgan fingerprint density at radius 3 is 2.62 bits per heavy atom. The maximum Gasteiger partial charge on any atom is 0.326 e. The van der Waals surface area contributed by atoms with Gasteiger partial charge in [0.25, 0.3) is 5.69 Å². The molecule has 0 unspecified atom stereocenters. The third-order valence-electron chi connectivity index (χ3n) is 2.97. The highest BCUT2D eigenvalue weighted by atomic mass is 35.5. The van der Waals surface area contributed by atoms with Gasteiger partial charge in [-0.3, -0.25) is 19.7 Å². The van der Waals surface area contributed by atoms with Crippen LogP contribution in [0.25, 0.3) is 6.08 Å². The van der Waals surface area contributed by atoms with Gasteiger partial charge in [0.05, 0.1) is 4.92 Å². The number of nitro groups is 1. The van der Waals surface area contributed by atoms with Crippen molar-refractivity contribution in [1.29, 1.82) is 0 Å². The molecule has 0 aliphatic rings. The van der Waals surface area contributed by atoms with Crippen LogP contribution in [0.5, 0.6) is 5.75 Å². The lowest BCUT2D eigenvalue weighted by Crippen LogP contribution is -2.09. The van der Waals surface area contributed by atoms with Crippen molar-refractivity contribution in [2.75, 3.05) is 5.88 Å². The number of hydrogen-bond acceptors (Lipinski definition) is 5. The van der Waals surface area contributed by atoms with Crippen molar-refractivity contribution in [2.45, 2.75) is 0 Å². The van der Waals surface area contributed by atoms with Gasteiger partial charge < -0.3 is 4.74 Å². The van der Waals surface area contributed by atoms with Gasteiger partial charge >= 0.3 is 5.97 Å². The van der Waals surface area contributed by atoms with Crippen molar-refractivity contribution >= 4 is 35.1 Å². The zero-order valence-corrected chi connectivity index (χ0v) is 13.1. The van der Waals surface area contributed by atoms with Crippen molar-refractivity contribution in [2.24, 2.45) is 0 Å². The van der Waals surface area contributed by atoms with Crippen LogP contribution in [0.1, 0.15) is 15.9 Å². The Balaban J connectivity index is 2.14. The van der Waals surface area contributed by atoms with Crippen LogP contribution in [0.2, 0.25) is 0 Å². The molecule has 0 aliphatic heterocycles. The van der Waals surface area contributed by atoms with E-state index < -0.39 is 10.9 Å². The molecule has 2 aromatic rings. The molecule has 2 rings (SSSR count). The van der Waals surface area contributed by atoms with Gasteiger partial charge in [-0.15, -0.1) is 11.6 Å². The maximum absolute atomic E-state index is 12.2. The van der Waals surface area contributed by atoms with Crippen molar-refractivity contribution in [3.05, 3.63) is 75.8 Å². The Bertz CT molecular complexity index is 816. The van der Waals surface area contributed by atoms with E-state index in [9.17, 15) is 19.7 Å². The van der Waals surface area contributed by atoms with E-state index in [1.807, 2.05) is 0 Å². The fourth-order valence-electron chi connectivity index (χ4n) is 1.88. The molecule has 24 heavy (non-hydrogen) atoms. The standard InChI is InChI=1S/C17H12ClNO5/c18-11-17(21)24-15-6-2-4-13(10-15)16(20)8-7-12-3-1-5-14(9-12)19(22)23/h1-10H,11H2/b8-7+. The molecule has 0 aliphatic carbocycles. The number of non-ortho nitro benzene ring substituents is 1. The Labute approximate surface area is 142 Å². The molecule has 0 N–H and O–H groups in total. The molecule has 0 bridgehead atoms. The number of alkyl halides is 1. The highest BCUT2D eigenvalue weighted by Crippen LogP contribution is 2.17. The molecule has 0 saturated carbocycles. The lowest BCUT2D eigenvalue weighted by atomic mass is 10.1. The molecular formula is C17H12ClNO5. The summed E-state index contributed by atoms with van der Waals surface area (Å²) in [4.78, 5) is 33.5. The van der Waals surface area contributed by atoms with Crippen LogP contribution < -0.4 is 4.74 Å². The minimum Gasteiger partial charge on any atom is -0.426 e. The number of hydrogen-bond donors (Lipinski definition) is 0. The highest BCUT2D eigenvalue weighted by molar-refractivity contribution is 6.26. The number of carbonyl (C=O) groups excluding carboxylic acids is 2. The number of nitrogens with zero attached hydrogens (tertiary/aromatic N) is 1. The normalized spacial score (nSPS) is 10.5. The van der Waals surface area contributed by atoms with Crippen molar-refractivity contribution < 1.29 is 19.2 Å². The number of nitro benzene ring substituents is 1. The summed E-state index contributed by atoms with van der Waals surface area (Å²) >= 11 is 5.36. The Hall–Kier alpha value is -2.99. The number of carbonyl (C=O) groups is 2. The second-order valence-electron chi connectivity index (χ2n) is 4.69. The van der Waals surface area contributed by atoms with Crippen LogP contribution in [-0.2, 0) is 4.79 Å². The smallest absolute Gasteiger partial charge is 0.326 e. The molecule has 0 spiro atoms. The van der Waals surface area contributed by atoms with Crippen LogP contribution in [-0.4, -0.2) is 22.6 Å². The first-order valence-electron chi connectivity index (χ1n) is 6.83. The zero-order chi connectivity index (χ0) is 17.5. The van der Waals surface area contributed by atoms with Gasteiger partial charge in [-0.25, -0.2) is 0 Å². The van der Waals surface area contributed by atoms with E-state index in [0.717, 1.165) is 0 Å². The summed E-state index contributed by atoms with van der Waals surface area (Å²) in [5, 5.41) is 10.7. The minimum atomic E-state index is -0.617. The van der Waals surface area contributed by atoms with Gasteiger partial charge in [0.2, 0.25) is 0 Å². The van der Waals surface area contributed by atoms with Gasteiger partial charge in [0, 0.05) is 17.7 Å². The van der Waals surface area contributed by atoms with E-state index in [4.69, 9.17) is 16.3 Å². The second-order valence-corrected chi connectivity index (χ2v) is 4.95. The molecule has 0 radical (unpaired) electrons.